The number of nitrogens with zero attached hydrogens (tertiary/aromatic N) is 3. The monoisotopic (exact) mass is 355 g/mol. The molecule has 0 bridgehead atoms. The highest BCUT2D eigenvalue weighted by Gasteiger charge is 2.33. The Morgan fingerprint density at radius 1 is 1.16 bits per heavy atom. The van der Waals surface area contributed by atoms with Crippen LogP contribution in [0.4, 0.5) is 13.2 Å². The van der Waals surface area contributed by atoms with E-state index in [9.17, 15) is 22.8 Å². The van der Waals surface area contributed by atoms with Gasteiger partial charge in [0, 0.05) is 12.7 Å². The van der Waals surface area contributed by atoms with E-state index in [0.717, 1.165) is 27.4 Å². The Labute approximate surface area is 141 Å². The SMILES string of the molecule is O=C(O)CN(CCc1ccccc1)C(=O)Cn1ccc(C(F)(F)F)n1. The van der Waals surface area contributed by atoms with Gasteiger partial charge in [-0.15, -0.1) is 0 Å². The lowest BCUT2D eigenvalue weighted by Gasteiger charge is -2.20. The molecule has 0 fully saturated rings. The van der Waals surface area contributed by atoms with Crippen molar-refractivity contribution < 1.29 is 27.9 Å². The minimum Gasteiger partial charge on any atom is -0.480 e. The molecule has 2 rings (SSSR count). The highest BCUT2D eigenvalue weighted by atomic mass is 19.4. The molecule has 1 aromatic carbocycles. The Morgan fingerprint density at radius 2 is 1.84 bits per heavy atom. The molecule has 6 nitrogen and oxygen atoms in total. The lowest BCUT2D eigenvalue weighted by Crippen LogP contribution is -2.39. The maximum atomic E-state index is 12.5. The van der Waals surface area contributed by atoms with E-state index in [0.29, 0.717) is 6.42 Å². The Morgan fingerprint density at radius 3 is 2.40 bits per heavy atom. The number of alkyl halides is 3. The van der Waals surface area contributed by atoms with E-state index < -0.39 is 36.8 Å². The van der Waals surface area contributed by atoms with Crippen LogP contribution in [-0.2, 0) is 28.7 Å². The van der Waals surface area contributed by atoms with Gasteiger partial charge < -0.3 is 10.0 Å². The number of carbonyl (C=O) groups excluding carboxylic acids is 1. The van der Waals surface area contributed by atoms with Crippen molar-refractivity contribution in [3.8, 4) is 0 Å². The Bertz CT molecular complexity index is 729. The van der Waals surface area contributed by atoms with E-state index in [4.69, 9.17) is 5.11 Å². The van der Waals surface area contributed by atoms with Crippen LogP contribution in [0.5, 0.6) is 0 Å². The smallest absolute Gasteiger partial charge is 0.435 e. The zero-order chi connectivity index (χ0) is 18.4. The molecule has 0 atom stereocenters. The summed E-state index contributed by atoms with van der Waals surface area (Å²) in [7, 11) is 0. The molecule has 1 N–H and O–H groups in total. The molecule has 0 aliphatic carbocycles. The fourth-order valence-electron chi connectivity index (χ4n) is 2.20. The summed E-state index contributed by atoms with van der Waals surface area (Å²) in [6.45, 7) is -0.847. The summed E-state index contributed by atoms with van der Waals surface area (Å²) in [6.07, 6.45) is -3.12. The second kappa shape index (κ2) is 7.82. The Balaban J connectivity index is 2.02. The van der Waals surface area contributed by atoms with E-state index in [1.54, 1.807) is 0 Å². The summed E-state index contributed by atoms with van der Waals surface area (Å²) in [4.78, 5) is 24.3. The maximum absolute atomic E-state index is 12.5. The van der Waals surface area contributed by atoms with E-state index in [2.05, 4.69) is 5.10 Å². The van der Waals surface area contributed by atoms with Gasteiger partial charge in [0.15, 0.2) is 5.69 Å². The van der Waals surface area contributed by atoms with Crippen molar-refractivity contribution in [2.45, 2.75) is 19.1 Å². The van der Waals surface area contributed by atoms with Crippen LogP contribution in [0.3, 0.4) is 0 Å². The molecule has 0 saturated carbocycles. The maximum Gasteiger partial charge on any atom is 0.435 e. The average molecular weight is 355 g/mol. The third-order valence-electron chi connectivity index (χ3n) is 3.42. The first-order valence-electron chi connectivity index (χ1n) is 7.40. The van der Waals surface area contributed by atoms with Crippen LogP contribution < -0.4 is 0 Å². The van der Waals surface area contributed by atoms with Crippen LogP contribution in [-0.4, -0.2) is 44.8 Å². The third-order valence-corrected chi connectivity index (χ3v) is 3.42. The number of carboxylic acid groups (broad SMARTS) is 1. The average Bonchev–Trinajstić information content (AvgIpc) is 3.00. The number of hydrogen-bond acceptors (Lipinski definition) is 3. The number of halogens is 3. The van der Waals surface area contributed by atoms with E-state index in [1.165, 1.54) is 0 Å². The highest BCUT2D eigenvalue weighted by molar-refractivity contribution is 5.81. The van der Waals surface area contributed by atoms with Crippen LogP contribution in [0.1, 0.15) is 11.3 Å². The topological polar surface area (TPSA) is 75.4 Å². The molecule has 1 amide bonds. The molecule has 0 radical (unpaired) electrons. The summed E-state index contributed by atoms with van der Waals surface area (Å²) >= 11 is 0. The van der Waals surface area contributed by atoms with Crippen molar-refractivity contribution in [2.24, 2.45) is 0 Å². The molecule has 134 valence electrons. The number of rotatable bonds is 7. The van der Waals surface area contributed by atoms with Crippen molar-refractivity contribution in [2.75, 3.05) is 13.1 Å². The number of benzene rings is 1. The standard InChI is InChI=1S/C16H16F3N3O3/c17-16(18,19)13-7-9-22(20-13)10-14(23)21(11-15(24)25)8-6-12-4-2-1-3-5-12/h1-5,7,9H,6,8,10-11H2,(H,24,25). The summed E-state index contributed by atoms with van der Waals surface area (Å²) in [5.74, 6) is -1.81. The molecule has 2 aromatic rings. The van der Waals surface area contributed by atoms with Crippen molar-refractivity contribution in [3.63, 3.8) is 0 Å². The number of amides is 1. The highest BCUT2D eigenvalue weighted by Crippen LogP contribution is 2.27. The number of carboxylic acids is 1. The molecule has 9 heteroatoms. The van der Waals surface area contributed by atoms with Crippen molar-refractivity contribution in [1.29, 1.82) is 0 Å². The minimum absolute atomic E-state index is 0.141. The quantitative estimate of drug-likeness (QED) is 0.825. The molecule has 0 aliphatic heterocycles. The van der Waals surface area contributed by atoms with Gasteiger partial charge in [-0.1, -0.05) is 30.3 Å². The second-order valence-electron chi connectivity index (χ2n) is 5.34. The van der Waals surface area contributed by atoms with Gasteiger partial charge in [-0.3, -0.25) is 14.3 Å². The molecule has 1 aromatic heterocycles. The minimum atomic E-state index is -4.59. The second-order valence-corrected chi connectivity index (χ2v) is 5.34. The molecular weight excluding hydrogens is 339 g/mol. The van der Waals surface area contributed by atoms with E-state index in [1.807, 2.05) is 30.3 Å². The zero-order valence-corrected chi connectivity index (χ0v) is 13.1. The summed E-state index contributed by atoms with van der Waals surface area (Å²) in [6, 6.07) is 9.92. The third kappa shape index (κ3) is 5.63. The van der Waals surface area contributed by atoms with Gasteiger partial charge in [-0.2, -0.15) is 18.3 Å². The summed E-state index contributed by atoms with van der Waals surface area (Å²) in [5, 5.41) is 12.2. The van der Waals surface area contributed by atoms with Crippen molar-refractivity contribution in [3.05, 3.63) is 53.9 Å². The van der Waals surface area contributed by atoms with Gasteiger partial charge in [-0.05, 0) is 18.1 Å². The van der Waals surface area contributed by atoms with Gasteiger partial charge in [0.25, 0.3) is 0 Å². The molecule has 0 spiro atoms. The predicted molar refractivity (Wildman–Crippen MR) is 81.6 cm³/mol. The summed E-state index contributed by atoms with van der Waals surface area (Å²) in [5.41, 5.74) is -0.182. The van der Waals surface area contributed by atoms with Crippen LogP contribution in [0.2, 0.25) is 0 Å². The van der Waals surface area contributed by atoms with Crippen LogP contribution in [0.15, 0.2) is 42.6 Å². The first-order valence-corrected chi connectivity index (χ1v) is 7.40. The van der Waals surface area contributed by atoms with E-state index >= 15 is 0 Å². The van der Waals surface area contributed by atoms with Crippen LogP contribution >= 0.6 is 0 Å². The normalized spacial score (nSPS) is 11.3. The number of aliphatic carboxylic acids is 1. The number of carbonyl (C=O) groups is 2. The molecule has 0 aliphatic rings. The first kappa shape index (κ1) is 18.5. The lowest BCUT2D eigenvalue weighted by atomic mass is 10.1. The summed E-state index contributed by atoms with van der Waals surface area (Å²) < 4.78 is 38.4. The van der Waals surface area contributed by atoms with Gasteiger partial charge >= 0.3 is 12.1 Å². The fourth-order valence-corrected chi connectivity index (χ4v) is 2.20. The van der Waals surface area contributed by atoms with Crippen LogP contribution in [0.25, 0.3) is 0 Å². The molecule has 0 unspecified atom stereocenters. The van der Waals surface area contributed by atoms with E-state index in [-0.39, 0.29) is 6.54 Å². The largest absolute Gasteiger partial charge is 0.480 e. The van der Waals surface area contributed by atoms with Gasteiger partial charge in [0.1, 0.15) is 13.1 Å². The predicted octanol–water partition coefficient (Wildman–Crippen LogP) is 2.06. The lowest BCUT2D eigenvalue weighted by molar-refractivity contribution is -0.145. The number of aromatic nitrogens is 2. The molecular formula is C16H16F3N3O3. The Kier molecular flexibility index (Phi) is 5.79. The van der Waals surface area contributed by atoms with Crippen molar-refractivity contribution >= 4 is 11.9 Å². The molecule has 0 saturated heterocycles. The fraction of sp³-hybridized carbons (Fsp3) is 0.312. The van der Waals surface area contributed by atoms with Gasteiger partial charge in [-0.25, -0.2) is 0 Å². The van der Waals surface area contributed by atoms with Crippen molar-refractivity contribution in [1.82, 2.24) is 14.7 Å². The first-order chi connectivity index (χ1) is 11.8. The van der Waals surface area contributed by atoms with Crippen LogP contribution in [0, 0.1) is 0 Å². The van der Waals surface area contributed by atoms with Gasteiger partial charge in [0.05, 0.1) is 0 Å². The zero-order valence-electron chi connectivity index (χ0n) is 13.1. The number of hydrogen-bond donors (Lipinski definition) is 1. The molecule has 1 heterocycles. The molecule has 25 heavy (non-hydrogen) atoms. The van der Waals surface area contributed by atoms with Gasteiger partial charge in [0.2, 0.25) is 5.91 Å². The Hall–Kier alpha value is -2.84.